The molecule has 0 saturated carbocycles. The van der Waals surface area contributed by atoms with E-state index in [4.69, 9.17) is 12.0 Å². The van der Waals surface area contributed by atoms with Crippen LogP contribution < -0.4 is 5.73 Å². The average molecular weight is 171 g/mol. The van der Waals surface area contributed by atoms with E-state index in [0.29, 0.717) is 4.55 Å². The van der Waals surface area contributed by atoms with Gasteiger partial charge in [-0.15, -0.1) is 0 Å². The predicted octanol–water partition coefficient (Wildman–Crippen LogP) is -0.311. The monoisotopic (exact) mass is 171 g/mol. The Labute approximate surface area is 37.8 Å². The molecule has 0 aromatic rings. The van der Waals surface area contributed by atoms with Crippen LogP contribution in [0.1, 0.15) is 0 Å². The fourth-order valence-electron chi connectivity index (χ4n) is 0. The summed E-state index contributed by atoms with van der Waals surface area (Å²) < 4.78 is 7.04. The van der Waals surface area contributed by atoms with Gasteiger partial charge in [-0.2, -0.15) is 0 Å². The van der Waals surface area contributed by atoms with Crippen LogP contribution in [-0.4, -0.2) is 10.8 Å². The molecular weight excluding hydrogens is 164 g/mol. The molecule has 4 heavy (non-hydrogen) atoms. The van der Waals surface area contributed by atoms with E-state index in [1.165, 1.54) is 0 Å². The molecule has 0 aromatic carbocycles. The summed E-state index contributed by atoms with van der Waals surface area (Å²) in [6.07, 6.45) is 0. The Morgan fingerprint density at radius 2 is 2.75 bits per heavy atom. The minimum absolute atomic E-state index is 0.407. The van der Waals surface area contributed by atoms with Gasteiger partial charge < -0.3 is 0 Å². The van der Waals surface area contributed by atoms with Crippen LogP contribution in [0.4, 0.5) is 0 Å². The molecular formula is CH5BIN. The van der Waals surface area contributed by atoms with Crippen LogP contribution >= 0.6 is 20.8 Å². The predicted molar refractivity (Wildman–Crippen MR) is 30.2 cm³/mol. The van der Waals surface area contributed by atoms with Gasteiger partial charge in [0.25, 0.3) is 0 Å². The normalized spacial score (nSPS) is 14.2. The second kappa shape index (κ2) is 3.75. The Balaban J connectivity index is 2.54. The summed E-state index contributed by atoms with van der Waals surface area (Å²) >= 11 is -1.75. The van der Waals surface area contributed by atoms with Gasteiger partial charge in [0.05, 0.1) is 0 Å². The third-order valence-corrected chi connectivity index (χ3v) is 0.598. The van der Waals surface area contributed by atoms with Crippen molar-refractivity contribution in [1.82, 2.24) is 0 Å². The Hall–Kier alpha value is 0.755. The van der Waals surface area contributed by atoms with Crippen LogP contribution in [0, 0.1) is 0 Å². The van der Waals surface area contributed by atoms with Gasteiger partial charge in [0.1, 0.15) is 0 Å². The van der Waals surface area contributed by atoms with Gasteiger partial charge in [-0.3, -0.25) is 0 Å². The molecule has 1 nitrogen and oxygen atoms in total. The maximum atomic E-state index is 6.64. The van der Waals surface area contributed by atoms with Crippen LogP contribution in [0.15, 0.2) is 0 Å². The first-order chi connectivity index (χ1) is 2.27. The Kier molecular flexibility index (Phi) is 2.78. The third kappa shape index (κ3) is 2.75. The van der Waals surface area contributed by atoms with Crippen molar-refractivity contribution in [3.63, 3.8) is 0 Å². The van der Waals surface area contributed by atoms with Gasteiger partial charge in [-0.1, -0.05) is 0 Å². The Morgan fingerprint density at radius 3 is 2.75 bits per heavy atom. The molecule has 0 rings (SSSR count). The zero-order chi connectivity index (χ0) is 4.28. The van der Waals surface area contributed by atoms with Crippen LogP contribution in [0.5, 0.6) is 0 Å². The summed E-state index contributed by atoms with van der Waals surface area (Å²) in [5, 5.41) is 0. The van der Waals surface area contributed by atoms with Gasteiger partial charge in [0.15, 0.2) is 0 Å². The first-order valence-corrected chi connectivity index (χ1v) is 3.66. The van der Waals surface area contributed by atoms with Gasteiger partial charge in [-0.25, -0.2) is 0 Å². The molecule has 0 amide bonds. The van der Waals surface area contributed by atoms with Crippen LogP contribution in [-0.2, 0) is 0 Å². The molecule has 0 aliphatic rings. The number of alkyl halides is 1. The van der Waals surface area contributed by atoms with Crippen molar-refractivity contribution in [3.05, 3.63) is 0 Å². The summed E-state index contributed by atoms with van der Waals surface area (Å²) in [7, 11) is 0. The molecule has 0 bridgehead atoms. The molecule has 0 aliphatic heterocycles. The van der Waals surface area contributed by atoms with Crippen LogP contribution in [0.25, 0.3) is 0 Å². The van der Waals surface area contributed by atoms with E-state index >= 15 is 0 Å². The maximum absolute atomic E-state index is 6.64. The standard InChI is InChI=1S/CH5BIN/c2-3-1-4/h3H,1,4H2/i3T. The molecule has 2 N–H and O–H groups in total. The van der Waals surface area contributed by atoms with Crippen molar-refractivity contribution in [2.45, 2.75) is 0 Å². The van der Waals surface area contributed by atoms with E-state index < -0.39 is 20.8 Å². The molecule has 0 atom stereocenters. The Morgan fingerprint density at radius 1 is 2.50 bits per heavy atom. The second-order valence-electron chi connectivity index (χ2n) is 0.309. The van der Waals surface area contributed by atoms with E-state index in [2.05, 4.69) is 0 Å². The summed E-state index contributed by atoms with van der Waals surface area (Å²) in [6, 6.07) is 0. The summed E-state index contributed by atoms with van der Waals surface area (Å²) in [4.78, 5) is 0. The number of nitrogens with two attached hydrogens (primary N) is 1. The fourth-order valence-corrected chi connectivity index (χ4v) is 0. The molecule has 24 valence electrons. The molecule has 0 fully saturated rings. The van der Waals surface area contributed by atoms with E-state index in [1.54, 1.807) is 0 Å². The number of halogens is 1. The summed E-state index contributed by atoms with van der Waals surface area (Å²) in [6.45, 7) is 0. The summed E-state index contributed by atoms with van der Waals surface area (Å²) in [5.41, 5.74) is 9.92. The van der Waals surface area contributed by atoms with Gasteiger partial charge in [0.2, 0.25) is 0 Å². The van der Waals surface area contributed by atoms with Crippen molar-refractivity contribution < 1.29 is 0 Å². The molecule has 0 aliphatic carbocycles. The molecule has 0 saturated heterocycles. The van der Waals surface area contributed by atoms with Crippen LogP contribution in [0.3, 0.4) is 0 Å². The van der Waals surface area contributed by atoms with E-state index in [0.717, 1.165) is 0 Å². The Bertz CT molecular complexity index is 25.6. The SMILES string of the molecule is [3H]I([B])CN. The van der Waals surface area contributed by atoms with Crippen molar-refractivity contribution in [3.8, 4) is 0 Å². The average Bonchev–Trinajstić information content (AvgIpc) is 1.38. The quantitative estimate of drug-likeness (QED) is 0.249. The van der Waals surface area contributed by atoms with Crippen molar-refractivity contribution >= 4 is 26.5 Å². The van der Waals surface area contributed by atoms with Crippen LogP contribution in [0.2, 0.25) is 0 Å². The number of hydrogen-bond acceptors (Lipinski definition) is 1. The zero-order valence-electron chi connectivity index (χ0n) is 3.24. The van der Waals surface area contributed by atoms with Crippen molar-refractivity contribution in [2.24, 2.45) is 5.73 Å². The minimum atomic E-state index is -1.75. The topological polar surface area (TPSA) is 26.0 Å². The van der Waals surface area contributed by atoms with Gasteiger partial charge >= 0.3 is 37.4 Å². The molecule has 0 spiro atoms. The van der Waals surface area contributed by atoms with E-state index in [1.807, 2.05) is 0 Å². The third-order valence-electron chi connectivity index (χ3n) is 0.0891. The van der Waals surface area contributed by atoms with E-state index in [-0.39, 0.29) is 0 Å². The first-order valence-electron chi connectivity index (χ1n) is 1.27. The first kappa shape index (κ1) is 2.97. The molecule has 0 aromatic heterocycles. The van der Waals surface area contributed by atoms with Gasteiger partial charge in [0, 0.05) is 0 Å². The van der Waals surface area contributed by atoms with E-state index in [9.17, 15) is 0 Å². The zero-order valence-corrected chi connectivity index (χ0v) is 4.40. The molecule has 0 heterocycles. The van der Waals surface area contributed by atoms with Crippen molar-refractivity contribution in [1.29, 1.82) is 0.594 Å². The number of rotatable bonds is 1. The molecule has 3 heteroatoms. The second-order valence-corrected chi connectivity index (χ2v) is 2.07. The van der Waals surface area contributed by atoms with Gasteiger partial charge in [-0.05, 0) is 0 Å². The molecule has 2 radical (unpaired) electrons. The summed E-state index contributed by atoms with van der Waals surface area (Å²) in [5.74, 6) is 0. The fraction of sp³-hybridized carbons (Fsp3) is 1.00. The molecule has 0 unspecified atom stereocenters. The van der Waals surface area contributed by atoms with Crippen molar-refractivity contribution in [2.75, 3.05) is 4.55 Å². The number of hydrogen-bond donors (Lipinski definition) is 1.